The van der Waals surface area contributed by atoms with Gasteiger partial charge in [-0.15, -0.1) is 0 Å². The molecule has 0 atom stereocenters. The molecule has 0 aliphatic rings. The van der Waals surface area contributed by atoms with Gasteiger partial charge in [-0.1, -0.05) is 38.1 Å². The van der Waals surface area contributed by atoms with Gasteiger partial charge in [0.1, 0.15) is 11.5 Å². The van der Waals surface area contributed by atoms with Crippen LogP contribution in [0, 0.1) is 6.92 Å². The van der Waals surface area contributed by atoms with E-state index >= 15 is 0 Å². The lowest BCUT2D eigenvalue weighted by molar-refractivity contribution is 0.0995. The van der Waals surface area contributed by atoms with E-state index < -0.39 is 25.8 Å². The molecular weight excluding hydrogens is 464 g/mol. The van der Waals surface area contributed by atoms with E-state index in [1.54, 1.807) is 51.1 Å². The lowest BCUT2D eigenvalue weighted by Gasteiger charge is -2.20. The summed E-state index contributed by atoms with van der Waals surface area (Å²) in [4.78, 5) is 12.9. The van der Waals surface area contributed by atoms with E-state index in [0.717, 1.165) is 0 Å². The first-order valence-corrected chi connectivity index (χ1v) is 13.5. The fourth-order valence-corrected chi connectivity index (χ4v) is 6.30. The molecule has 0 fully saturated rings. The second kappa shape index (κ2) is 9.90. The van der Waals surface area contributed by atoms with Gasteiger partial charge in [0, 0.05) is 18.8 Å². The second-order valence-corrected chi connectivity index (χ2v) is 11.3. The van der Waals surface area contributed by atoms with Gasteiger partial charge in [-0.2, -0.15) is 4.31 Å². The van der Waals surface area contributed by atoms with Gasteiger partial charge >= 0.3 is 0 Å². The summed E-state index contributed by atoms with van der Waals surface area (Å²) in [7, 11) is -7.33. The minimum atomic E-state index is -3.71. The summed E-state index contributed by atoms with van der Waals surface area (Å²) in [5.41, 5.74) is 0.845. The number of hydrogen-bond donors (Lipinski definition) is 1. The summed E-state index contributed by atoms with van der Waals surface area (Å²) in [6, 6.07) is 15.4. The standard InChI is InChI=1S/C23H26N2O6S2/c1-4-25(5-2)33(29,30)22-15-18(12-11-17(22)3)24-23(26)21-14-13-19(31-21)16-32(27,28)20-9-7-6-8-10-20/h6-15H,4-5,16H2,1-3H3,(H,24,26). The molecule has 1 N–H and O–H groups in total. The molecule has 2 aromatic carbocycles. The van der Waals surface area contributed by atoms with Crippen molar-refractivity contribution in [3.63, 3.8) is 0 Å². The zero-order chi connectivity index (χ0) is 24.2. The first-order chi connectivity index (χ1) is 15.6. The predicted octanol–water partition coefficient (Wildman–Crippen LogP) is 3.84. The molecule has 0 aliphatic carbocycles. The zero-order valence-electron chi connectivity index (χ0n) is 18.6. The molecule has 0 spiro atoms. The highest BCUT2D eigenvalue weighted by atomic mass is 32.2. The lowest BCUT2D eigenvalue weighted by Crippen LogP contribution is -2.31. The molecule has 176 valence electrons. The van der Waals surface area contributed by atoms with Crippen LogP contribution in [0.4, 0.5) is 5.69 Å². The highest BCUT2D eigenvalue weighted by Crippen LogP contribution is 2.24. The van der Waals surface area contributed by atoms with Crippen molar-refractivity contribution in [1.82, 2.24) is 4.31 Å². The molecule has 3 rings (SSSR count). The number of rotatable bonds is 9. The summed E-state index contributed by atoms with van der Waals surface area (Å²) in [6.45, 7) is 5.86. The van der Waals surface area contributed by atoms with Gasteiger partial charge in [-0.25, -0.2) is 16.8 Å². The number of hydrogen-bond acceptors (Lipinski definition) is 6. The maximum Gasteiger partial charge on any atom is 0.291 e. The van der Waals surface area contributed by atoms with Crippen LogP contribution in [0.3, 0.4) is 0 Å². The van der Waals surface area contributed by atoms with Crippen LogP contribution in [0.1, 0.15) is 35.7 Å². The third kappa shape index (κ3) is 5.52. The van der Waals surface area contributed by atoms with Crippen LogP contribution in [-0.4, -0.2) is 40.1 Å². The van der Waals surface area contributed by atoms with Crippen molar-refractivity contribution in [2.75, 3.05) is 18.4 Å². The fraction of sp³-hybridized carbons (Fsp3) is 0.261. The van der Waals surface area contributed by atoms with Crippen LogP contribution in [0.5, 0.6) is 0 Å². The number of furan rings is 1. The molecule has 1 heterocycles. The quantitative estimate of drug-likeness (QED) is 0.487. The molecule has 0 radical (unpaired) electrons. The van der Waals surface area contributed by atoms with Crippen molar-refractivity contribution in [2.24, 2.45) is 0 Å². The molecule has 0 saturated carbocycles. The van der Waals surface area contributed by atoms with E-state index in [2.05, 4.69) is 5.32 Å². The van der Waals surface area contributed by atoms with Crippen molar-refractivity contribution in [1.29, 1.82) is 0 Å². The SMILES string of the molecule is CCN(CC)S(=O)(=O)c1cc(NC(=O)c2ccc(CS(=O)(=O)c3ccccc3)o2)ccc1C. The molecule has 0 unspecified atom stereocenters. The monoisotopic (exact) mass is 490 g/mol. The smallest absolute Gasteiger partial charge is 0.291 e. The number of sulfonamides is 1. The van der Waals surface area contributed by atoms with Gasteiger partial charge in [0.2, 0.25) is 10.0 Å². The number of carbonyl (C=O) groups is 1. The molecule has 3 aromatic rings. The Labute approximate surface area is 194 Å². The summed E-state index contributed by atoms with van der Waals surface area (Å²) in [5.74, 6) is -0.964. The van der Waals surface area contributed by atoms with Crippen molar-refractivity contribution in [3.05, 3.63) is 77.7 Å². The van der Waals surface area contributed by atoms with E-state index in [1.165, 1.54) is 34.6 Å². The van der Waals surface area contributed by atoms with Crippen LogP contribution in [-0.2, 0) is 25.6 Å². The Morgan fingerprint density at radius 1 is 0.939 bits per heavy atom. The van der Waals surface area contributed by atoms with E-state index in [9.17, 15) is 21.6 Å². The molecule has 0 aliphatic heterocycles. The lowest BCUT2D eigenvalue weighted by atomic mass is 10.2. The Hall–Kier alpha value is -2.95. The van der Waals surface area contributed by atoms with E-state index in [0.29, 0.717) is 18.7 Å². The highest BCUT2D eigenvalue weighted by molar-refractivity contribution is 7.90. The topological polar surface area (TPSA) is 114 Å². The molecule has 10 heteroatoms. The van der Waals surface area contributed by atoms with Gasteiger partial charge < -0.3 is 9.73 Å². The number of sulfone groups is 1. The Bertz CT molecular complexity index is 1340. The highest BCUT2D eigenvalue weighted by Gasteiger charge is 2.24. The van der Waals surface area contributed by atoms with Crippen molar-refractivity contribution >= 4 is 31.5 Å². The van der Waals surface area contributed by atoms with Crippen LogP contribution in [0.25, 0.3) is 0 Å². The molecule has 1 amide bonds. The van der Waals surface area contributed by atoms with Gasteiger partial charge in [0.05, 0.1) is 9.79 Å². The van der Waals surface area contributed by atoms with E-state index in [-0.39, 0.29) is 32.8 Å². The van der Waals surface area contributed by atoms with Gasteiger partial charge in [-0.3, -0.25) is 4.79 Å². The first-order valence-electron chi connectivity index (χ1n) is 10.4. The summed E-state index contributed by atoms with van der Waals surface area (Å²) < 4.78 is 57.7. The first kappa shape index (κ1) is 24.7. The average Bonchev–Trinajstić information content (AvgIpc) is 3.24. The number of amides is 1. The Morgan fingerprint density at radius 2 is 1.61 bits per heavy atom. The van der Waals surface area contributed by atoms with Crippen LogP contribution >= 0.6 is 0 Å². The molecule has 8 nitrogen and oxygen atoms in total. The molecule has 0 bridgehead atoms. The normalized spacial score (nSPS) is 12.1. The summed E-state index contributed by atoms with van der Waals surface area (Å²) in [6.07, 6.45) is 0. The Morgan fingerprint density at radius 3 is 2.24 bits per heavy atom. The maximum atomic E-state index is 12.9. The molecule has 33 heavy (non-hydrogen) atoms. The number of nitrogens with zero attached hydrogens (tertiary/aromatic N) is 1. The van der Waals surface area contributed by atoms with Crippen molar-refractivity contribution < 1.29 is 26.0 Å². The average molecular weight is 491 g/mol. The third-order valence-electron chi connectivity index (χ3n) is 5.09. The summed E-state index contributed by atoms with van der Waals surface area (Å²) >= 11 is 0. The molecular formula is C23H26N2O6S2. The second-order valence-electron chi connectivity index (χ2n) is 7.36. The Balaban J connectivity index is 1.79. The minimum Gasteiger partial charge on any atom is -0.455 e. The van der Waals surface area contributed by atoms with E-state index in [1.807, 2.05) is 0 Å². The largest absolute Gasteiger partial charge is 0.455 e. The number of anilines is 1. The maximum absolute atomic E-state index is 12.9. The number of carbonyl (C=O) groups excluding carboxylic acids is 1. The predicted molar refractivity (Wildman–Crippen MR) is 125 cm³/mol. The summed E-state index contributed by atoms with van der Waals surface area (Å²) in [5, 5.41) is 2.62. The molecule has 0 saturated heterocycles. The number of aryl methyl sites for hydroxylation is 1. The van der Waals surface area contributed by atoms with Crippen LogP contribution < -0.4 is 5.32 Å². The molecule has 1 aromatic heterocycles. The van der Waals surface area contributed by atoms with E-state index in [4.69, 9.17) is 4.42 Å². The number of nitrogens with one attached hydrogen (secondary N) is 1. The Kier molecular flexibility index (Phi) is 7.41. The van der Waals surface area contributed by atoms with Gasteiger partial charge in [-0.05, 0) is 48.9 Å². The number of benzene rings is 2. The van der Waals surface area contributed by atoms with Crippen molar-refractivity contribution in [2.45, 2.75) is 36.3 Å². The zero-order valence-corrected chi connectivity index (χ0v) is 20.2. The third-order valence-corrected chi connectivity index (χ3v) is 8.94. The minimum absolute atomic E-state index is 0.0815. The fourth-order valence-electron chi connectivity index (χ4n) is 3.33. The van der Waals surface area contributed by atoms with Crippen LogP contribution in [0.15, 0.2) is 74.9 Å². The van der Waals surface area contributed by atoms with Crippen molar-refractivity contribution in [3.8, 4) is 0 Å². The van der Waals surface area contributed by atoms with Gasteiger partial charge in [0.25, 0.3) is 5.91 Å². The van der Waals surface area contributed by atoms with Crippen LogP contribution in [0.2, 0.25) is 0 Å². The van der Waals surface area contributed by atoms with Gasteiger partial charge in [0.15, 0.2) is 15.6 Å².